The average molecular weight is 303 g/mol. The number of hydrogen-bond acceptors (Lipinski definition) is 2. The molecule has 2 N–H and O–H groups in total. The topological polar surface area (TPSA) is 41.1 Å². The van der Waals surface area contributed by atoms with Crippen molar-refractivity contribution < 1.29 is 4.79 Å². The summed E-state index contributed by atoms with van der Waals surface area (Å²) in [5, 5.41) is 6.83. The fourth-order valence-electron chi connectivity index (χ4n) is 1.86. The molecule has 1 aromatic carbocycles. The monoisotopic (exact) mass is 302 g/mol. The van der Waals surface area contributed by atoms with Crippen molar-refractivity contribution in [1.82, 2.24) is 10.6 Å². The van der Waals surface area contributed by atoms with Crippen molar-refractivity contribution in [3.05, 3.63) is 34.9 Å². The Morgan fingerprint density at radius 3 is 2.84 bits per heavy atom. The second-order valence-corrected chi connectivity index (χ2v) is 5.35. The van der Waals surface area contributed by atoms with Gasteiger partial charge in [-0.1, -0.05) is 23.7 Å². The van der Waals surface area contributed by atoms with Gasteiger partial charge in [0.05, 0.1) is 12.6 Å². The number of rotatable bonds is 6. The molecule has 0 unspecified atom stereocenters. The van der Waals surface area contributed by atoms with E-state index in [9.17, 15) is 4.79 Å². The van der Waals surface area contributed by atoms with Crippen LogP contribution in [0.1, 0.15) is 31.4 Å². The molecule has 1 fully saturated rings. The summed E-state index contributed by atoms with van der Waals surface area (Å²) >= 11 is 5.93. The normalized spacial score (nSPS) is 15.5. The molecular formula is C14H20Cl2N2O. The molecule has 0 spiro atoms. The number of carbonyl (C=O) groups excluding carboxylic acids is 1. The lowest BCUT2D eigenvalue weighted by molar-refractivity contribution is -0.120. The molecule has 5 heteroatoms. The van der Waals surface area contributed by atoms with Crippen molar-refractivity contribution in [2.24, 2.45) is 5.92 Å². The molecule has 3 nitrogen and oxygen atoms in total. The summed E-state index contributed by atoms with van der Waals surface area (Å²) in [4.78, 5) is 11.7. The average Bonchev–Trinajstić information content (AvgIpc) is 3.13. The molecule has 0 saturated heterocycles. The number of nitrogens with one attached hydrogen (secondary N) is 2. The van der Waals surface area contributed by atoms with E-state index in [1.165, 1.54) is 12.8 Å². The molecular weight excluding hydrogens is 283 g/mol. The van der Waals surface area contributed by atoms with Crippen molar-refractivity contribution in [3.63, 3.8) is 0 Å². The van der Waals surface area contributed by atoms with E-state index in [0.29, 0.717) is 11.6 Å². The van der Waals surface area contributed by atoms with Crippen molar-refractivity contribution >= 4 is 29.9 Å². The van der Waals surface area contributed by atoms with E-state index in [4.69, 9.17) is 11.6 Å². The lowest BCUT2D eigenvalue weighted by atomic mass is 10.1. The van der Waals surface area contributed by atoms with Gasteiger partial charge in [-0.2, -0.15) is 0 Å². The molecule has 19 heavy (non-hydrogen) atoms. The summed E-state index contributed by atoms with van der Waals surface area (Å²) in [5.41, 5.74) is 1.03. The lowest BCUT2D eigenvalue weighted by Gasteiger charge is -2.15. The Balaban J connectivity index is 0.00000180. The van der Waals surface area contributed by atoms with Gasteiger partial charge in [0.15, 0.2) is 0 Å². The van der Waals surface area contributed by atoms with Crippen molar-refractivity contribution in [3.8, 4) is 0 Å². The van der Waals surface area contributed by atoms with E-state index in [1.54, 1.807) is 0 Å². The molecule has 1 aromatic rings. The maximum Gasteiger partial charge on any atom is 0.234 e. The number of amides is 1. The zero-order valence-corrected chi connectivity index (χ0v) is 12.6. The Hall–Kier alpha value is -0.770. The van der Waals surface area contributed by atoms with Crippen LogP contribution in [0.4, 0.5) is 0 Å². The third kappa shape index (κ3) is 5.81. The van der Waals surface area contributed by atoms with E-state index in [0.717, 1.165) is 18.0 Å². The lowest BCUT2D eigenvalue weighted by Crippen LogP contribution is -2.36. The summed E-state index contributed by atoms with van der Waals surface area (Å²) < 4.78 is 0. The molecule has 0 radical (unpaired) electrons. The molecule has 0 aromatic heterocycles. The van der Waals surface area contributed by atoms with Gasteiger partial charge in [-0.25, -0.2) is 0 Å². The second kappa shape index (κ2) is 7.73. The third-order valence-electron chi connectivity index (χ3n) is 3.14. The summed E-state index contributed by atoms with van der Waals surface area (Å²) in [6.07, 6.45) is 2.60. The third-order valence-corrected chi connectivity index (χ3v) is 3.38. The first-order valence-electron chi connectivity index (χ1n) is 6.40. The van der Waals surface area contributed by atoms with Crippen LogP contribution in [0.5, 0.6) is 0 Å². The number of carbonyl (C=O) groups is 1. The summed E-state index contributed by atoms with van der Waals surface area (Å²) in [5.74, 6) is 0.825. The number of halogens is 2. The Morgan fingerprint density at radius 2 is 2.21 bits per heavy atom. The first kappa shape index (κ1) is 16.3. The molecule has 0 bridgehead atoms. The van der Waals surface area contributed by atoms with Crippen LogP contribution in [-0.2, 0) is 4.79 Å². The van der Waals surface area contributed by atoms with Crippen molar-refractivity contribution in [2.45, 2.75) is 25.8 Å². The molecule has 1 amide bonds. The first-order valence-corrected chi connectivity index (χ1v) is 6.78. The maximum atomic E-state index is 11.7. The first-order chi connectivity index (χ1) is 8.65. The number of hydrogen-bond donors (Lipinski definition) is 2. The summed E-state index contributed by atoms with van der Waals surface area (Å²) in [6.45, 7) is 3.31. The molecule has 1 aliphatic carbocycles. The van der Waals surface area contributed by atoms with E-state index < -0.39 is 0 Å². The molecule has 0 heterocycles. The van der Waals surface area contributed by atoms with Crippen molar-refractivity contribution in [1.29, 1.82) is 0 Å². The van der Waals surface area contributed by atoms with Gasteiger partial charge < -0.3 is 10.6 Å². The van der Waals surface area contributed by atoms with Crippen LogP contribution in [0.25, 0.3) is 0 Å². The highest BCUT2D eigenvalue weighted by atomic mass is 35.5. The van der Waals surface area contributed by atoms with Gasteiger partial charge in [-0.05, 0) is 49.9 Å². The maximum absolute atomic E-state index is 11.7. The SMILES string of the molecule is C[C@@H](NC(=O)CNCC1CC1)c1cccc(Cl)c1.Cl. The van der Waals surface area contributed by atoms with Crippen LogP contribution in [0.3, 0.4) is 0 Å². The predicted octanol–water partition coefficient (Wildman–Crippen LogP) is 2.94. The van der Waals surface area contributed by atoms with Gasteiger partial charge in [0.2, 0.25) is 5.91 Å². The fourth-order valence-corrected chi connectivity index (χ4v) is 2.06. The van der Waals surface area contributed by atoms with E-state index in [1.807, 2.05) is 31.2 Å². The van der Waals surface area contributed by atoms with E-state index in [2.05, 4.69) is 10.6 Å². The smallest absolute Gasteiger partial charge is 0.234 e. The summed E-state index contributed by atoms with van der Waals surface area (Å²) in [7, 11) is 0. The zero-order valence-electron chi connectivity index (χ0n) is 11.0. The van der Waals surface area contributed by atoms with Gasteiger partial charge in [0, 0.05) is 5.02 Å². The Labute approximate surface area is 125 Å². The minimum Gasteiger partial charge on any atom is -0.348 e. The molecule has 2 rings (SSSR count). The van der Waals surface area contributed by atoms with Crippen LogP contribution in [0, 0.1) is 5.92 Å². The molecule has 1 saturated carbocycles. The zero-order chi connectivity index (χ0) is 13.0. The molecule has 1 atom stereocenters. The van der Waals surface area contributed by atoms with Gasteiger partial charge in [-0.3, -0.25) is 4.79 Å². The second-order valence-electron chi connectivity index (χ2n) is 4.92. The van der Waals surface area contributed by atoms with Gasteiger partial charge in [-0.15, -0.1) is 12.4 Å². The highest BCUT2D eigenvalue weighted by molar-refractivity contribution is 6.30. The molecule has 106 valence electrons. The minimum absolute atomic E-state index is 0. The molecule has 0 aliphatic heterocycles. The van der Waals surface area contributed by atoms with E-state index >= 15 is 0 Å². The predicted molar refractivity (Wildman–Crippen MR) is 80.9 cm³/mol. The highest BCUT2D eigenvalue weighted by Gasteiger charge is 2.20. The van der Waals surface area contributed by atoms with Gasteiger partial charge in [0.25, 0.3) is 0 Å². The quantitative estimate of drug-likeness (QED) is 0.848. The standard InChI is InChI=1S/C14H19ClN2O.ClH/c1-10(12-3-2-4-13(15)7-12)17-14(18)9-16-8-11-5-6-11;/h2-4,7,10-11,16H,5-6,8-9H2,1H3,(H,17,18);1H/t10-;/m1./s1. The van der Waals surface area contributed by atoms with Crippen LogP contribution >= 0.6 is 24.0 Å². The highest BCUT2D eigenvalue weighted by Crippen LogP contribution is 2.27. The Morgan fingerprint density at radius 1 is 1.47 bits per heavy atom. The fraction of sp³-hybridized carbons (Fsp3) is 0.500. The van der Waals surface area contributed by atoms with Crippen LogP contribution in [0.2, 0.25) is 5.02 Å². The van der Waals surface area contributed by atoms with Crippen LogP contribution in [0.15, 0.2) is 24.3 Å². The van der Waals surface area contributed by atoms with Gasteiger partial charge in [0.1, 0.15) is 0 Å². The van der Waals surface area contributed by atoms with Crippen LogP contribution in [-0.4, -0.2) is 19.0 Å². The van der Waals surface area contributed by atoms with Gasteiger partial charge >= 0.3 is 0 Å². The van der Waals surface area contributed by atoms with Crippen LogP contribution < -0.4 is 10.6 Å². The van der Waals surface area contributed by atoms with Crippen molar-refractivity contribution in [2.75, 3.05) is 13.1 Å². The van der Waals surface area contributed by atoms with E-state index in [-0.39, 0.29) is 24.4 Å². The number of benzene rings is 1. The summed E-state index contributed by atoms with van der Waals surface area (Å²) in [6, 6.07) is 7.56. The largest absolute Gasteiger partial charge is 0.348 e. The molecule has 1 aliphatic rings. The Kier molecular flexibility index (Phi) is 6.63. The Bertz CT molecular complexity index is 422. The minimum atomic E-state index is -0.0149.